The normalized spacial score (nSPS) is 17.4. The van der Waals surface area contributed by atoms with Crippen molar-refractivity contribution in [1.82, 2.24) is 15.2 Å². The molecule has 2 heterocycles. The first-order chi connectivity index (χ1) is 10.7. The van der Waals surface area contributed by atoms with E-state index in [-0.39, 0.29) is 17.6 Å². The molecular weight excluding hydrogens is 304 g/mol. The molecule has 22 heavy (non-hydrogen) atoms. The van der Waals surface area contributed by atoms with Crippen molar-refractivity contribution in [2.24, 2.45) is 5.73 Å². The predicted octanol–water partition coefficient (Wildman–Crippen LogP) is 0.490. The summed E-state index contributed by atoms with van der Waals surface area (Å²) in [4.78, 5) is 18.5. The van der Waals surface area contributed by atoms with Crippen LogP contribution >= 0.6 is 11.8 Å². The second-order valence-electron chi connectivity index (χ2n) is 5.17. The number of morpholine rings is 1. The van der Waals surface area contributed by atoms with Gasteiger partial charge in [0.05, 0.1) is 19.3 Å². The lowest BCUT2D eigenvalue weighted by Crippen LogP contribution is -2.41. The average molecular weight is 328 g/mol. The van der Waals surface area contributed by atoms with Gasteiger partial charge in [-0.05, 0) is 18.4 Å². The van der Waals surface area contributed by atoms with E-state index in [0.29, 0.717) is 12.4 Å². The maximum atomic E-state index is 12.0. The van der Waals surface area contributed by atoms with E-state index < -0.39 is 0 Å². The Morgan fingerprint density at radius 1 is 1.55 bits per heavy atom. The molecule has 3 N–H and O–H groups in total. The van der Waals surface area contributed by atoms with Crippen LogP contribution in [0.5, 0.6) is 0 Å². The first-order valence-electron chi connectivity index (χ1n) is 7.49. The number of hydrogen-bond donors (Lipinski definition) is 2. The lowest BCUT2D eigenvalue weighted by Gasteiger charge is -2.26. The Labute approximate surface area is 135 Å². The zero-order chi connectivity index (χ0) is 15.8. The summed E-state index contributed by atoms with van der Waals surface area (Å²) in [5, 5.41) is 2.85. The molecular formula is C14H24N4O3S. The minimum Gasteiger partial charge on any atom is -0.446 e. The number of nitrogens with one attached hydrogen (secondary N) is 1. The number of carbonyl (C=O) groups is 1. The smallest absolute Gasteiger partial charge is 0.273 e. The van der Waals surface area contributed by atoms with Gasteiger partial charge in [-0.2, -0.15) is 11.8 Å². The summed E-state index contributed by atoms with van der Waals surface area (Å²) in [5.41, 5.74) is 6.26. The second kappa shape index (κ2) is 9.14. The van der Waals surface area contributed by atoms with Gasteiger partial charge >= 0.3 is 0 Å². The Kier molecular flexibility index (Phi) is 7.17. The van der Waals surface area contributed by atoms with E-state index in [0.717, 1.165) is 45.0 Å². The molecule has 0 radical (unpaired) electrons. The van der Waals surface area contributed by atoms with Crippen molar-refractivity contribution in [3.8, 4) is 0 Å². The van der Waals surface area contributed by atoms with Gasteiger partial charge in [0.2, 0.25) is 5.89 Å². The summed E-state index contributed by atoms with van der Waals surface area (Å²) in [5.74, 6) is 1.14. The Bertz CT molecular complexity index is 463. The molecule has 1 atom stereocenters. The molecule has 7 nitrogen and oxygen atoms in total. The first-order valence-corrected chi connectivity index (χ1v) is 8.88. The van der Waals surface area contributed by atoms with Gasteiger partial charge in [-0.25, -0.2) is 4.98 Å². The topological polar surface area (TPSA) is 93.6 Å². The van der Waals surface area contributed by atoms with Crippen molar-refractivity contribution in [2.45, 2.75) is 12.5 Å². The summed E-state index contributed by atoms with van der Waals surface area (Å²) in [6, 6.07) is -0.262. The van der Waals surface area contributed by atoms with Crippen LogP contribution in [0.2, 0.25) is 0 Å². The third kappa shape index (κ3) is 5.28. The number of aromatic nitrogens is 1. The summed E-state index contributed by atoms with van der Waals surface area (Å²) < 4.78 is 10.6. The first kappa shape index (κ1) is 17.3. The van der Waals surface area contributed by atoms with E-state index in [1.54, 1.807) is 11.8 Å². The van der Waals surface area contributed by atoms with Crippen LogP contribution in [0.1, 0.15) is 28.8 Å². The number of amides is 1. The molecule has 1 aromatic rings. The highest BCUT2D eigenvalue weighted by Gasteiger charge is 2.17. The highest BCUT2D eigenvalue weighted by Crippen LogP contribution is 2.15. The van der Waals surface area contributed by atoms with E-state index in [1.165, 1.54) is 6.26 Å². The van der Waals surface area contributed by atoms with Crippen molar-refractivity contribution < 1.29 is 13.9 Å². The Morgan fingerprint density at radius 3 is 3.05 bits per heavy atom. The number of hydrogen-bond acceptors (Lipinski definition) is 7. The molecule has 0 saturated carbocycles. The molecule has 0 aliphatic carbocycles. The molecule has 8 heteroatoms. The number of carbonyl (C=O) groups excluding carboxylic acids is 1. The number of ether oxygens (including phenoxy) is 1. The quantitative estimate of drug-likeness (QED) is 0.717. The molecule has 124 valence electrons. The van der Waals surface area contributed by atoms with Gasteiger partial charge in [-0.15, -0.1) is 0 Å². The Morgan fingerprint density at radius 2 is 2.32 bits per heavy atom. The largest absolute Gasteiger partial charge is 0.446 e. The van der Waals surface area contributed by atoms with Crippen molar-refractivity contribution in [2.75, 3.05) is 51.4 Å². The SMILES string of the molecule is CSCCC(N)c1nc(C(=O)NCCN2CCOCC2)co1. The Balaban J connectivity index is 1.74. The molecule has 0 aromatic carbocycles. The molecule has 1 aliphatic rings. The molecule has 1 unspecified atom stereocenters. The van der Waals surface area contributed by atoms with E-state index >= 15 is 0 Å². The number of nitrogens with two attached hydrogens (primary N) is 1. The summed E-state index contributed by atoms with van der Waals surface area (Å²) in [6.45, 7) is 4.73. The van der Waals surface area contributed by atoms with Crippen LogP contribution in [0.4, 0.5) is 0 Å². The van der Waals surface area contributed by atoms with Gasteiger partial charge in [-0.1, -0.05) is 0 Å². The van der Waals surface area contributed by atoms with Crippen LogP contribution in [0.25, 0.3) is 0 Å². The second-order valence-corrected chi connectivity index (χ2v) is 6.15. The van der Waals surface area contributed by atoms with Crippen molar-refractivity contribution >= 4 is 17.7 Å². The molecule has 1 saturated heterocycles. The van der Waals surface area contributed by atoms with Crippen LogP contribution in [-0.2, 0) is 4.74 Å². The highest BCUT2D eigenvalue weighted by molar-refractivity contribution is 7.98. The molecule has 0 bridgehead atoms. The lowest BCUT2D eigenvalue weighted by atomic mass is 10.2. The fraction of sp³-hybridized carbons (Fsp3) is 0.714. The minimum atomic E-state index is -0.262. The third-order valence-corrected chi connectivity index (χ3v) is 4.17. The van der Waals surface area contributed by atoms with Gasteiger partial charge in [0, 0.05) is 26.2 Å². The van der Waals surface area contributed by atoms with Crippen molar-refractivity contribution in [1.29, 1.82) is 0 Å². The Hall–Kier alpha value is -1.09. The van der Waals surface area contributed by atoms with Crippen LogP contribution in [0, 0.1) is 0 Å². The van der Waals surface area contributed by atoms with Gasteiger partial charge in [-0.3, -0.25) is 9.69 Å². The van der Waals surface area contributed by atoms with E-state index in [9.17, 15) is 4.79 Å². The third-order valence-electron chi connectivity index (χ3n) is 3.52. The van der Waals surface area contributed by atoms with E-state index in [4.69, 9.17) is 14.9 Å². The van der Waals surface area contributed by atoms with Gasteiger partial charge in [0.1, 0.15) is 6.26 Å². The van der Waals surface area contributed by atoms with Gasteiger partial charge < -0.3 is 20.2 Å². The zero-order valence-electron chi connectivity index (χ0n) is 12.9. The maximum absolute atomic E-state index is 12.0. The molecule has 1 amide bonds. The maximum Gasteiger partial charge on any atom is 0.273 e. The number of nitrogens with zero attached hydrogens (tertiary/aromatic N) is 2. The fourth-order valence-electron chi connectivity index (χ4n) is 2.17. The minimum absolute atomic E-state index is 0.222. The van der Waals surface area contributed by atoms with E-state index in [1.807, 2.05) is 6.26 Å². The summed E-state index contributed by atoms with van der Waals surface area (Å²) in [7, 11) is 0. The molecule has 2 rings (SSSR count). The average Bonchev–Trinajstić information content (AvgIpc) is 3.03. The molecule has 1 fully saturated rings. The number of rotatable bonds is 8. The van der Waals surface area contributed by atoms with Crippen LogP contribution < -0.4 is 11.1 Å². The zero-order valence-corrected chi connectivity index (χ0v) is 13.7. The monoisotopic (exact) mass is 328 g/mol. The van der Waals surface area contributed by atoms with Crippen molar-refractivity contribution in [3.63, 3.8) is 0 Å². The summed E-state index contributed by atoms with van der Waals surface area (Å²) in [6.07, 6.45) is 4.17. The molecule has 1 aromatic heterocycles. The standard InChI is InChI=1S/C14H24N4O3S/c1-22-9-2-11(15)14-17-12(10-21-14)13(19)16-3-4-18-5-7-20-8-6-18/h10-11H,2-9,15H2,1H3,(H,16,19). The predicted molar refractivity (Wildman–Crippen MR) is 86.0 cm³/mol. The van der Waals surface area contributed by atoms with Gasteiger partial charge in [0.15, 0.2) is 5.69 Å². The van der Waals surface area contributed by atoms with Crippen LogP contribution in [-0.4, -0.2) is 67.2 Å². The van der Waals surface area contributed by atoms with Crippen LogP contribution in [0.15, 0.2) is 10.7 Å². The number of thioether (sulfide) groups is 1. The lowest BCUT2D eigenvalue weighted by molar-refractivity contribution is 0.0383. The van der Waals surface area contributed by atoms with Gasteiger partial charge in [0.25, 0.3) is 5.91 Å². The van der Waals surface area contributed by atoms with E-state index in [2.05, 4.69) is 15.2 Å². The summed E-state index contributed by atoms with van der Waals surface area (Å²) >= 11 is 1.72. The molecule has 1 aliphatic heterocycles. The molecule has 0 spiro atoms. The highest BCUT2D eigenvalue weighted by atomic mass is 32.2. The van der Waals surface area contributed by atoms with Crippen molar-refractivity contribution in [3.05, 3.63) is 17.8 Å². The van der Waals surface area contributed by atoms with Crippen LogP contribution in [0.3, 0.4) is 0 Å². The fourth-order valence-corrected chi connectivity index (χ4v) is 2.66. The number of oxazole rings is 1.